The topological polar surface area (TPSA) is 65.4 Å². The van der Waals surface area contributed by atoms with Crippen molar-refractivity contribution in [3.63, 3.8) is 0 Å². The number of halogens is 1. The van der Waals surface area contributed by atoms with Crippen molar-refractivity contribution in [2.24, 2.45) is 4.99 Å². The molecule has 3 heterocycles. The number of piperidine rings is 1. The number of aryl methyl sites for hydroxylation is 1. The summed E-state index contributed by atoms with van der Waals surface area (Å²) in [5.74, 6) is 1.99. The summed E-state index contributed by atoms with van der Waals surface area (Å²) in [6.45, 7) is 7.86. The minimum atomic E-state index is 0. The van der Waals surface area contributed by atoms with Crippen LogP contribution in [0.1, 0.15) is 29.7 Å². The molecule has 2 aromatic heterocycles. The van der Waals surface area contributed by atoms with E-state index in [2.05, 4.69) is 45.4 Å². The van der Waals surface area contributed by atoms with Gasteiger partial charge in [-0.3, -0.25) is 4.99 Å². The Kier molecular flexibility index (Phi) is 9.26. The molecule has 1 aliphatic heterocycles. The van der Waals surface area contributed by atoms with E-state index in [0.29, 0.717) is 6.04 Å². The SMILES string of the molecule is CCNC(=NCCc1ncc(C)s1)NC1CCN(c2ccccn2)CC1.I. The predicted octanol–water partition coefficient (Wildman–Crippen LogP) is 3.23. The Hall–Kier alpha value is -1.42. The van der Waals surface area contributed by atoms with E-state index in [4.69, 9.17) is 4.99 Å². The van der Waals surface area contributed by atoms with Gasteiger partial charge >= 0.3 is 0 Å². The van der Waals surface area contributed by atoms with E-state index in [1.807, 2.05) is 24.5 Å². The molecule has 0 unspecified atom stereocenters. The summed E-state index contributed by atoms with van der Waals surface area (Å²) in [5.41, 5.74) is 0. The molecule has 0 radical (unpaired) electrons. The van der Waals surface area contributed by atoms with E-state index in [0.717, 1.165) is 62.2 Å². The molecule has 2 aromatic rings. The third-order valence-corrected chi connectivity index (χ3v) is 5.39. The summed E-state index contributed by atoms with van der Waals surface area (Å²) in [6.07, 6.45) is 6.87. The predicted molar refractivity (Wildman–Crippen MR) is 125 cm³/mol. The lowest BCUT2D eigenvalue weighted by atomic mass is 10.1. The number of nitrogens with one attached hydrogen (secondary N) is 2. The number of thiazole rings is 1. The van der Waals surface area contributed by atoms with Gasteiger partial charge in [0.15, 0.2) is 5.96 Å². The van der Waals surface area contributed by atoms with Crippen molar-refractivity contribution in [2.75, 3.05) is 31.1 Å². The first kappa shape index (κ1) is 21.9. The molecule has 8 heteroatoms. The molecule has 0 aromatic carbocycles. The van der Waals surface area contributed by atoms with E-state index in [1.54, 1.807) is 11.3 Å². The number of aliphatic imine (C=N–C) groups is 1. The van der Waals surface area contributed by atoms with Gasteiger partial charge < -0.3 is 15.5 Å². The Balaban J connectivity index is 0.00000261. The van der Waals surface area contributed by atoms with Crippen molar-refractivity contribution in [1.29, 1.82) is 0 Å². The highest BCUT2D eigenvalue weighted by Crippen LogP contribution is 2.17. The van der Waals surface area contributed by atoms with Crippen LogP contribution in [-0.2, 0) is 6.42 Å². The van der Waals surface area contributed by atoms with Crippen LogP contribution in [-0.4, -0.2) is 48.1 Å². The Bertz CT molecular complexity index is 697. The molecule has 0 amide bonds. The van der Waals surface area contributed by atoms with Crippen molar-refractivity contribution in [2.45, 2.75) is 39.2 Å². The van der Waals surface area contributed by atoms with Crippen LogP contribution < -0.4 is 15.5 Å². The lowest BCUT2D eigenvalue weighted by molar-refractivity contribution is 0.459. The van der Waals surface area contributed by atoms with Crippen molar-refractivity contribution in [3.8, 4) is 0 Å². The van der Waals surface area contributed by atoms with Gasteiger partial charge in [0, 0.05) is 55.9 Å². The maximum atomic E-state index is 4.72. The highest BCUT2D eigenvalue weighted by Gasteiger charge is 2.20. The number of pyridine rings is 1. The second-order valence-electron chi connectivity index (χ2n) is 6.47. The number of rotatable bonds is 6. The van der Waals surface area contributed by atoms with Gasteiger partial charge in [-0.15, -0.1) is 35.3 Å². The van der Waals surface area contributed by atoms with Crippen molar-refractivity contribution < 1.29 is 0 Å². The van der Waals surface area contributed by atoms with E-state index < -0.39 is 0 Å². The van der Waals surface area contributed by atoms with Crippen LogP contribution in [0.3, 0.4) is 0 Å². The fourth-order valence-electron chi connectivity index (χ4n) is 3.09. The smallest absolute Gasteiger partial charge is 0.191 e. The molecule has 1 aliphatic rings. The van der Waals surface area contributed by atoms with Crippen molar-refractivity contribution in [3.05, 3.63) is 40.5 Å². The average molecular weight is 500 g/mol. The van der Waals surface area contributed by atoms with Gasteiger partial charge in [0.25, 0.3) is 0 Å². The van der Waals surface area contributed by atoms with Crippen LogP contribution in [0.15, 0.2) is 35.6 Å². The normalized spacial score (nSPS) is 15.3. The third-order valence-electron chi connectivity index (χ3n) is 4.42. The number of guanidine groups is 1. The number of hydrogen-bond acceptors (Lipinski definition) is 5. The second-order valence-corrected chi connectivity index (χ2v) is 7.79. The lowest BCUT2D eigenvalue weighted by Crippen LogP contribution is -2.49. The minimum absolute atomic E-state index is 0. The van der Waals surface area contributed by atoms with Crippen LogP contribution in [0, 0.1) is 6.92 Å². The first-order valence-corrected chi connectivity index (χ1v) is 10.2. The molecule has 0 bridgehead atoms. The Labute approximate surface area is 182 Å². The molecule has 0 saturated carbocycles. The van der Waals surface area contributed by atoms with Crippen LogP contribution in [0.5, 0.6) is 0 Å². The maximum absolute atomic E-state index is 4.72. The molecule has 0 spiro atoms. The third kappa shape index (κ3) is 6.91. The van der Waals surface area contributed by atoms with Gasteiger partial charge in [-0.1, -0.05) is 6.07 Å². The van der Waals surface area contributed by atoms with Gasteiger partial charge in [-0.25, -0.2) is 9.97 Å². The highest BCUT2D eigenvalue weighted by atomic mass is 127. The molecule has 27 heavy (non-hydrogen) atoms. The molecular formula is C19H29IN6S. The van der Waals surface area contributed by atoms with Crippen LogP contribution in [0.4, 0.5) is 5.82 Å². The van der Waals surface area contributed by atoms with Gasteiger partial charge in [0.2, 0.25) is 0 Å². The molecule has 0 aliphatic carbocycles. The lowest BCUT2D eigenvalue weighted by Gasteiger charge is -2.33. The molecule has 0 atom stereocenters. The molecular weight excluding hydrogens is 471 g/mol. The number of hydrogen-bond donors (Lipinski definition) is 2. The number of anilines is 1. The standard InChI is InChI=1S/C19H28N6S.HI/c1-3-20-19(22-11-7-18-23-14-15(2)26-18)24-16-8-12-25(13-9-16)17-6-4-5-10-21-17;/h4-6,10,14,16H,3,7-9,11-13H2,1-2H3,(H2,20,22,24);1H. The summed E-state index contributed by atoms with van der Waals surface area (Å²) in [5, 5.41) is 8.11. The maximum Gasteiger partial charge on any atom is 0.191 e. The summed E-state index contributed by atoms with van der Waals surface area (Å²) in [7, 11) is 0. The van der Waals surface area contributed by atoms with Gasteiger partial charge in [-0.2, -0.15) is 0 Å². The molecule has 6 nitrogen and oxygen atoms in total. The van der Waals surface area contributed by atoms with E-state index in [9.17, 15) is 0 Å². The summed E-state index contributed by atoms with van der Waals surface area (Å²) >= 11 is 1.75. The van der Waals surface area contributed by atoms with Gasteiger partial charge in [0.05, 0.1) is 5.01 Å². The molecule has 3 rings (SSSR count). The first-order chi connectivity index (χ1) is 12.7. The molecule has 1 fully saturated rings. The van der Waals surface area contributed by atoms with Crippen LogP contribution in [0.25, 0.3) is 0 Å². The molecule has 2 N–H and O–H groups in total. The Morgan fingerprint density at radius 3 is 2.74 bits per heavy atom. The number of nitrogens with zero attached hydrogens (tertiary/aromatic N) is 4. The monoisotopic (exact) mass is 500 g/mol. The number of aromatic nitrogens is 2. The van der Waals surface area contributed by atoms with E-state index in [1.165, 1.54) is 4.88 Å². The average Bonchev–Trinajstić information content (AvgIpc) is 3.08. The van der Waals surface area contributed by atoms with Crippen molar-refractivity contribution >= 4 is 47.1 Å². The zero-order valence-corrected chi connectivity index (χ0v) is 19.2. The summed E-state index contributed by atoms with van der Waals surface area (Å²) in [4.78, 5) is 17.2. The van der Waals surface area contributed by atoms with Gasteiger partial charge in [0.1, 0.15) is 5.82 Å². The largest absolute Gasteiger partial charge is 0.357 e. The van der Waals surface area contributed by atoms with Crippen molar-refractivity contribution in [1.82, 2.24) is 20.6 Å². The molecule has 1 saturated heterocycles. The minimum Gasteiger partial charge on any atom is -0.357 e. The zero-order valence-electron chi connectivity index (χ0n) is 16.0. The van der Waals surface area contributed by atoms with E-state index in [-0.39, 0.29) is 24.0 Å². The fraction of sp³-hybridized carbons (Fsp3) is 0.526. The quantitative estimate of drug-likeness (QED) is 0.362. The summed E-state index contributed by atoms with van der Waals surface area (Å²) in [6, 6.07) is 6.55. The Morgan fingerprint density at radius 1 is 1.30 bits per heavy atom. The van der Waals surface area contributed by atoms with Crippen LogP contribution >= 0.6 is 35.3 Å². The highest BCUT2D eigenvalue weighted by molar-refractivity contribution is 14.0. The van der Waals surface area contributed by atoms with E-state index >= 15 is 0 Å². The fourth-order valence-corrected chi connectivity index (χ4v) is 3.86. The molecule has 148 valence electrons. The summed E-state index contributed by atoms with van der Waals surface area (Å²) < 4.78 is 0. The van der Waals surface area contributed by atoms with Gasteiger partial charge in [-0.05, 0) is 38.8 Å². The Morgan fingerprint density at radius 2 is 2.11 bits per heavy atom. The van der Waals surface area contributed by atoms with Crippen LogP contribution in [0.2, 0.25) is 0 Å². The zero-order chi connectivity index (χ0) is 18.2. The second kappa shape index (κ2) is 11.4. The first-order valence-electron chi connectivity index (χ1n) is 9.36.